The molecular formula is C21H31NO2. The largest absolute Gasteiger partial charge is 0.508 e. The van der Waals surface area contributed by atoms with Gasteiger partial charge in [0.05, 0.1) is 12.7 Å². The number of likely N-dealkylation sites (tertiary alicyclic amines) is 1. The number of hydrogen-bond acceptors (Lipinski definition) is 3. The normalized spacial score (nSPS) is 29.8. The van der Waals surface area contributed by atoms with Gasteiger partial charge in [0.2, 0.25) is 0 Å². The minimum atomic E-state index is 0.103. The van der Waals surface area contributed by atoms with Gasteiger partial charge in [-0.3, -0.25) is 4.90 Å². The van der Waals surface area contributed by atoms with E-state index < -0.39 is 0 Å². The minimum Gasteiger partial charge on any atom is -0.508 e. The smallest absolute Gasteiger partial charge is 0.119 e. The van der Waals surface area contributed by atoms with Gasteiger partial charge in [-0.1, -0.05) is 39.0 Å². The van der Waals surface area contributed by atoms with E-state index in [1.54, 1.807) is 0 Å². The fourth-order valence-electron chi connectivity index (χ4n) is 4.87. The van der Waals surface area contributed by atoms with Gasteiger partial charge in [0.15, 0.2) is 0 Å². The van der Waals surface area contributed by atoms with Crippen molar-refractivity contribution in [2.75, 3.05) is 19.7 Å². The molecule has 1 aliphatic carbocycles. The molecule has 0 saturated carbocycles. The second-order valence-electron chi connectivity index (χ2n) is 8.25. The van der Waals surface area contributed by atoms with Gasteiger partial charge < -0.3 is 9.84 Å². The van der Waals surface area contributed by atoms with Crippen LogP contribution in [-0.4, -0.2) is 41.8 Å². The Morgan fingerprint density at radius 1 is 1.42 bits per heavy atom. The molecule has 2 bridgehead atoms. The van der Waals surface area contributed by atoms with Crippen LogP contribution in [0.2, 0.25) is 0 Å². The summed E-state index contributed by atoms with van der Waals surface area (Å²) in [6.07, 6.45) is 4.02. The fraction of sp³-hybridized carbons (Fsp3) is 0.619. The molecule has 0 aromatic heterocycles. The Morgan fingerprint density at radius 2 is 2.17 bits per heavy atom. The number of rotatable bonds is 5. The Hall–Kier alpha value is -1.32. The summed E-state index contributed by atoms with van der Waals surface area (Å²) >= 11 is 0. The van der Waals surface area contributed by atoms with Crippen LogP contribution in [0.5, 0.6) is 5.75 Å². The first kappa shape index (κ1) is 17.5. The van der Waals surface area contributed by atoms with Crippen LogP contribution >= 0.6 is 0 Å². The molecule has 24 heavy (non-hydrogen) atoms. The molecule has 1 fully saturated rings. The third-order valence-corrected chi connectivity index (χ3v) is 6.73. The lowest BCUT2D eigenvalue weighted by Gasteiger charge is -2.61. The summed E-state index contributed by atoms with van der Waals surface area (Å²) in [5.41, 5.74) is 2.75. The third kappa shape index (κ3) is 2.58. The van der Waals surface area contributed by atoms with Gasteiger partial charge >= 0.3 is 0 Å². The zero-order valence-corrected chi connectivity index (χ0v) is 15.5. The predicted molar refractivity (Wildman–Crippen MR) is 98.5 cm³/mol. The number of phenolic OH excluding ortho intramolecular Hbond substituents is 1. The molecule has 0 unspecified atom stereocenters. The number of fused-ring (bicyclic) bond motifs is 4. The van der Waals surface area contributed by atoms with E-state index in [9.17, 15) is 5.11 Å². The van der Waals surface area contributed by atoms with Crippen molar-refractivity contribution in [3.05, 3.63) is 42.0 Å². The van der Waals surface area contributed by atoms with Crippen molar-refractivity contribution in [2.45, 2.75) is 58.1 Å². The van der Waals surface area contributed by atoms with E-state index in [0.717, 1.165) is 31.5 Å². The minimum absolute atomic E-state index is 0.103. The number of hydrogen-bond donors (Lipinski definition) is 1. The molecule has 2 aliphatic rings. The molecule has 3 rings (SSSR count). The zero-order chi connectivity index (χ0) is 17.5. The molecule has 0 radical (unpaired) electrons. The molecular weight excluding hydrogens is 298 g/mol. The summed E-state index contributed by atoms with van der Waals surface area (Å²) in [7, 11) is 0. The summed E-state index contributed by atoms with van der Waals surface area (Å²) in [6.45, 7) is 15.7. The Balaban J connectivity index is 1.92. The van der Waals surface area contributed by atoms with Crippen LogP contribution in [0.15, 0.2) is 30.9 Å². The first-order valence-corrected chi connectivity index (χ1v) is 9.09. The molecule has 1 saturated heterocycles. The van der Waals surface area contributed by atoms with Crippen LogP contribution < -0.4 is 0 Å². The molecule has 1 N–H and O–H groups in total. The molecule has 3 nitrogen and oxygen atoms in total. The molecule has 1 heterocycles. The van der Waals surface area contributed by atoms with Crippen molar-refractivity contribution >= 4 is 0 Å². The molecule has 0 amide bonds. The van der Waals surface area contributed by atoms with Crippen molar-refractivity contribution in [1.29, 1.82) is 0 Å². The summed E-state index contributed by atoms with van der Waals surface area (Å²) in [5.74, 6) is 0.456. The van der Waals surface area contributed by atoms with Gasteiger partial charge in [0.25, 0.3) is 0 Å². The second-order valence-corrected chi connectivity index (χ2v) is 8.25. The van der Waals surface area contributed by atoms with Crippen molar-refractivity contribution in [3.63, 3.8) is 0 Å². The number of piperidine rings is 1. The number of benzene rings is 1. The lowest BCUT2D eigenvalue weighted by atomic mass is 9.51. The van der Waals surface area contributed by atoms with E-state index in [2.05, 4.69) is 45.2 Å². The van der Waals surface area contributed by atoms with Gasteiger partial charge in [0, 0.05) is 18.0 Å². The van der Waals surface area contributed by atoms with Crippen molar-refractivity contribution in [3.8, 4) is 5.75 Å². The summed E-state index contributed by atoms with van der Waals surface area (Å²) < 4.78 is 5.81. The Labute approximate surface area is 146 Å². The molecule has 3 heteroatoms. The van der Waals surface area contributed by atoms with Crippen molar-refractivity contribution in [1.82, 2.24) is 4.90 Å². The molecule has 1 aromatic rings. The molecule has 3 atom stereocenters. The molecule has 132 valence electrons. The van der Waals surface area contributed by atoms with Gasteiger partial charge in [-0.2, -0.15) is 0 Å². The van der Waals surface area contributed by atoms with E-state index in [1.807, 2.05) is 18.2 Å². The first-order chi connectivity index (χ1) is 11.3. The van der Waals surface area contributed by atoms with Gasteiger partial charge in [-0.25, -0.2) is 0 Å². The lowest BCUT2D eigenvalue weighted by Crippen LogP contribution is -2.64. The van der Waals surface area contributed by atoms with Crippen LogP contribution in [0.25, 0.3) is 0 Å². The highest BCUT2D eigenvalue weighted by Crippen LogP contribution is 2.57. The van der Waals surface area contributed by atoms with Crippen LogP contribution in [0.1, 0.15) is 45.2 Å². The predicted octanol–water partition coefficient (Wildman–Crippen LogP) is 3.90. The van der Waals surface area contributed by atoms with E-state index >= 15 is 0 Å². The van der Waals surface area contributed by atoms with Crippen LogP contribution in [0.3, 0.4) is 0 Å². The van der Waals surface area contributed by atoms with E-state index in [4.69, 9.17) is 4.74 Å². The average Bonchev–Trinajstić information content (AvgIpc) is 2.52. The van der Waals surface area contributed by atoms with Gasteiger partial charge in [0.1, 0.15) is 5.75 Å². The first-order valence-electron chi connectivity index (χ1n) is 9.09. The Bertz CT molecular complexity index is 624. The van der Waals surface area contributed by atoms with Gasteiger partial charge in [-0.15, -0.1) is 6.58 Å². The average molecular weight is 329 g/mol. The van der Waals surface area contributed by atoms with E-state index in [0.29, 0.717) is 18.4 Å². The second kappa shape index (κ2) is 6.20. The Kier molecular flexibility index (Phi) is 4.52. The quantitative estimate of drug-likeness (QED) is 0.832. The number of ether oxygens (including phenoxy) is 1. The highest BCUT2D eigenvalue weighted by Gasteiger charge is 2.56. The monoisotopic (exact) mass is 329 g/mol. The highest BCUT2D eigenvalue weighted by molar-refractivity contribution is 5.48. The topological polar surface area (TPSA) is 32.7 Å². The third-order valence-electron chi connectivity index (χ3n) is 6.73. The van der Waals surface area contributed by atoms with Crippen molar-refractivity contribution in [2.24, 2.45) is 5.41 Å². The summed E-state index contributed by atoms with van der Waals surface area (Å²) in [5, 5.41) is 10.4. The molecule has 0 spiro atoms. The molecule has 1 aromatic carbocycles. The Morgan fingerprint density at radius 3 is 2.88 bits per heavy atom. The summed E-state index contributed by atoms with van der Waals surface area (Å²) in [6, 6.07) is 6.47. The number of phenols is 1. The zero-order valence-electron chi connectivity index (χ0n) is 15.5. The number of aromatic hydroxyl groups is 1. The van der Waals surface area contributed by atoms with E-state index in [-0.39, 0.29) is 16.9 Å². The summed E-state index contributed by atoms with van der Waals surface area (Å²) in [4.78, 5) is 2.57. The van der Waals surface area contributed by atoms with Crippen LogP contribution in [0, 0.1) is 5.41 Å². The maximum absolute atomic E-state index is 10.4. The van der Waals surface area contributed by atoms with Crippen LogP contribution in [0.4, 0.5) is 0 Å². The lowest BCUT2D eigenvalue weighted by molar-refractivity contribution is -0.0601. The van der Waals surface area contributed by atoms with Gasteiger partial charge in [-0.05, 0) is 48.9 Å². The van der Waals surface area contributed by atoms with E-state index in [1.165, 1.54) is 5.56 Å². The SMILES string of the molecule is C=CCO[C@@H](C)CN1CC[C@@]2(C)c3cccc(O)c3C[C@@H]1C2(C)C. The highest BCUT2D eigenvalue weighted by atomic mass is 16.5. The standard InChI is InChI=1S/C21H31NO2/c1-6-12-24-15(2)14-22-11-10-21(5)17-8-7-9-18(23)16(17)13-19(22)20(21,3)4/h6-9,15,19,23H,1,10-14H2,2-5H3/t15-,19+,21-/m0/s1. The number of nitrogens with zero attached hydrogens (tertiary/aromatic N) is 1. The van der Waals surface area contributed by atoms with Crippen molar-refractivity contribution < 1.29 is 9.84 Å². The fourth-order valence-corrected chi connectivity index (χ4v) is 4.87. The van der Waals surface area contributed by atoms with Crippen LogP contribution in [-0.2, 0) is 16.6 Å². The molecule has 1 aliphatic heterocycles. The maximum atomic E-state index is 10.4. The maximum Gasteiger partial charge on any atom is 0.119 e.